The lowest BCUT2D eigenvalue weighted by atomic mass is 9.92. The lowest BCUT2D eigenvalue weighted by Crippen LogP contribution is -2.42. The number of nitrogens with one attached hydrogen (secondary N) is 1. The fourth-order valence-corrected chi connectivity index (χ4v) is 1.26. The number of nitrogen functional groups attached to an aromatic ring is 1. The molecule has 0 saturated carbocycles. The monoisotopic (exact) mass is 250 g/mol. The van der Waals surface area contributed by atoms with Crippen LogP contribution in [-0.2, 0) is 4.79 Å². The Morgan fingerprint density at radius 3 is 2.61 bits per heavy atom. The molecule has 0 unspecified atom stereocenters. The van der Waals surface area contributed by atoms with Crippen molar-refractivity contribution in [3.63, 3.8) is 0 Å². The van der Waals surface area contributed by atoms with Gasteiger partial charge in [-0.1, -0.05) is 0 Å². The zero-order chi connectivity index (χ0) is 13.9. The molecule has 1 heterocycles. The van der Waals surface area contributed by atoms with Crippen molar-refractivity contribution in [3.8, 4) is 0 Å². The summed E-state index contributed by atoms with van der Waals surface area (Å²) in [6.45, 7) is 5.21. The molecule has 0 fully saturated rings. The van der Waals surface area contributed by atoms with Crippen molar-refractivity contribution in [2.45, 2.75) is 20.8 Å². The molecule has 0 bridgehead atoms. The van der Waals surface area contributed by atoms with Gasteiger partial charge >= 0.3 is 0 Å². The first-order valence-electron chi connectivity index (χ1n) is 5.54. The fraction of sp³-hybridized carbons (Fsp3) is 0.417. The van der Waals surface area contributed by atoms with Crippen LogP contribution in [0.25, 0.3) is 0 Å². The SMILES string of the molecule is Cc1ncc(N)cc1C(=O)NCC(C)(C)C(N)=O. The van der Waals surface area contributed by atoms with Crippen LogP contribution >= 0.6 is 0 Å². The van der Waals surface area contributed by atoms with Gasteiger partial charge in [-0.2, -0.15) is 0 Å². The van der Waals surface area contributed by atoms with Crippen molar-refractivity contribution in [3.05, 3.63) is 23.5 Å². The van der Waals surface area contributed by atoms with Crippen molar-refractivity contribution >= 4 is 17.5 Å². The summed E-state index contributed by atoms with van der Waals surface area (Å²) < 4.78 is 0. The maximum atomic E-state index is 11.9. The largest absolute Gasteiger partial charge is 0.397 e. The summed E-state index contributed by atoms with van der Waals surface area (Å²) in [5, 5.41) is 2.65. The van der Waals surface area contributed by atoms with E-state index in [1.165, 1.54) is 6.20 Å². The second-order valence-electron chi connectivity index (χ2n) is 4.83. The highest BCUT2D eigenvalue weighted by Gasteiger charge is 2.25. The van der Waals surface area contributed by atoms with E-state index in [1.54, 1.807) is 26.8 Å². The molecule has 1 rings (SSSR count). The summed E-state index contributed by atoms with van der Waals surface area (Å²) in [4.78, 5) is 27.1. The van der Waals surface area contributed by atoms with Crippen molar-refractivity contribution in [2.24, 2.45) is 11.1 Å². The zero-order valence-electron chi connectivity index (χ0n) is 10.8. The van der Waals surface area contributed by atoms with Gasteiger partial charge in [0.2, 0.25) is 5.91 Å². The number of pyridine rings is 1. The van der Waals surface area contributed by atoms with Crippen LogP contribution in [0.1, 0.15) is 29.9 Å². The van der Waals surface area contributed by atoms with E-state index in [4.69, 9.17) is 11.5 Å². The van der Waals surface area contributed by atoms with Crippen LogP contribution in [0.5, 0.6) is 0 Å². The summed E-state index contributed by atoms with van der Waals surface area (Å²) >= 11 is 0. The molecule has 6 nitrogen and oxygen atoms in total. The number of anilines is 1. The molecule has 0 aliphatic carbocycles. The third kappa shape index (κ3) is 3.19. The molecule has 0 spiro atoms. The van der Waals surface area contributed by atoms with E-state index in [0.29, 0.717) is 16.9 Å². The third-order valence-corrected chi connectivity index (χ3v) is 2.71. The summed E-state index contributed by atoms with van der Waals surface area (Å²) in [6.07, 6.45) is 1.49. The minimum atomic E-state index is -0.794. The van der Waals surface area contributed by atoms with Gasteiger partial charge in [0, 0.05) is 6.54 Å². The number of primary amides is 1. The van der Waals surface area contributed by atoms with Crippen LogP contribution < -0.4 is 16.8 Å². The minimum Gasteiger partial charge on any atom is -0.397 e. The molecule has 6 heteroatoms. The first kappa shape index (κ1) is 14.0. The van der Waals surface area contributed by atoms with Gasteiger partial charge in [-0.05, 0) is 26.8 Å². The normalized spacial score (nSPS) is 11.1. The van der Waals surface area contributed by atoms with E-state index in [-0.39, 0.29) is 12.5 Å². The molecular weight excluding hydrogens is 232 g/mol. The van der Waals surface area contributed by atoms with Gasteiger partial charge in [0.25, 0.3) is 5.91 Å². The molecule has 98 valence electrons. The molecule has 1 aromatic heterocycles. The average molecular weight is 250 g/mol. The predicted molar refractivity (Wildman–Crippen MR) is 68.7 cm³/mol. The Morgan fingerprint density at radius 1 is 1.44 bits per heavy atom. The van der Waals surface area contributed by atoms with Crippen LogP contribution in [0.4, 0.5) is 5.69 Å². The Kier molecular flexibility index (Phi) is 3.90. The minimum absolute atomic E-state index is 0.162. The smallest absolute Gasteiger partial charge is 0.253 e. The van der Waals surface area contributed by atoms with Crippen molar-refractivity contribution in [1.29, 1.82) is 0 Å². The predicted octanol–water partition coefficient (Wildman–Crippen LogP) is 0.214. The zero-order valence-corrected chi connectivity index (χ0v) is 10.8. The van der Waals surface area contributed by atoms with Crippen molar-refractivity contribution in [1.82, 2.24) is 10.3 Å². The van der Waals surface area contributed by atoms with Crippen molar-refractivity contribution < 1.29 is 9.59 Å². The summed E-state index contributed by atoms with van der Waals surface area (Å²) in [5.41, 5.74) is 11.4. The molecule has 1 aromatic rings. The Hall–Kier alpha value is -2.11. The van der Waals surface area contributed by atoms with Gasteiger partial charge in [0.1, 0.15) is 0 Å². The molecule has 0 atom stereocenters. The Balaban J connectivity index is 2.78. The summed E-state index contributed by atoms with van der Waals surface area (Å²) in [6, 6.07) is 1.55. The second-order valence-corrected chi connectivity index (χ2v) is 4.83. The molecular formula is C12H18N4O2. The van der Waals surface area contributed by atoms with Crippen LogP contribution in [0.2, 0.25) is 0 Å². The highest BCUT2D eigenvalue weighted by molar-refractivity contribution is 5.96. The van der Waals surface area contributed by atoms with Gasteiger partial charge in [-0.25, -0.2) is 0 Å². The standard InChI is InChI=1S/C12H18N4O2/c1-7-9(4-8(13)5-15-7)10(17)16-6-12(2,3)11(14)18/h4-5H,6,13H2,1-3H3,(H2,14,18)(H,16,17). The molecule has 0 radical (unpaired) electrons. The van der Waals surface area contributed by atoms with Gasteiger partial charge in [0.05, 0.1) is 28.6 Å². The van der Waals surface area contributed by atoms with Crippen LogP contribution in [-0.4, -0.2) is 23.3 Å². The third-order valence-electron chi connectivity index (χ3n) is 2.71. The van der Waals surface area contributed by atoms with Crippen molar-refractivity contribution in [2.75, 3.05) is 12.3 Å². The number of nitrogens with zero attached hydrogens (tertiary/aromatic N) is 1. The van der Waals surface area contributed by atoms with Gasteiger partial charge in [0.15, 0.2) is 0 Å². The van der Waals surface area contributed by atoms with E-state index in [0.717, 1.165) is 0 Å². The number of carbonyl (C=O) groups is 2. The lowest BCUT2D eigenvalue weighted by Gasteiger charge is -2.20. The molecule has 0 aromatic carbocycles. The quantitative estimate of drug-likeness (QED) is 0.709. The molecule has 0 saturated heterocycles. The number of rotatable bonds is 4. The van der Waals surface area contributed by atoms with E-state index in [9.17, 15) is 9.59 Å². The molecule has 18 heavy (non-hydrogen) atoms. The van der Waals surface area contributed by atoms with E-state index in [1.807, 2.05) is 0 Å². The van der Waals surface area contributed by atoms with Crippen LogP contribution in [0, 0.1) is 12.3 Å². The molecule has 2 amide bonds. The summed E-state index contributed by atoms with van der Waals surface area (Å²) in [7, 11) is 0. The molecule has 0 aliphatic heterocycles. The Labute approximate surface area is 106 Å². The first-order chi connectivity index (χ1) is 8.24. The van der Waals surface area contributed by atoms with Gasteiger partial charge < -0.3 is 16.8 Å². The van der Waals surface area contributed by atoms with Gasteiger partial charge in [-0.3, -0.25) is 14.6 Å². The number of carbonyl (C=O) groups excluding carboxylic acids is 2. The topological polar surface area (TPSA) is 111 Å². The second kappa shape index (κ2) is 5.03. The van der Waals surface area contributed by atoms with E-state index in [2.05, 4.69) is 10.3 Å². The first-order valence-corrected chi connectivity index (χ1v) is 5.54. The fourth-order valence-electron chi connectivity index (χ4n) is 1.26. The number of amides is 2. The molecule has 0 aliphatic rings. The number of nitrogens with two attached hydrogens (primary N) is 2. The Bertz CT molecular complexity index is 483. The van der Waals surface area contributed by atoms with Crippen LogP contribution in [0.15, 0.2) is 12.3 Å². The number of aryl methyl sites for hydroxylation is 1. The highest BCUT2D eigenvalue weighted by atomic mass is 16.2. The van der Waals surface area contributed by atoms with Crippen LogP contribution in [0.3, 0.4) is 0 Å². The summed E-state index contributed by atoms with van der Waals surface area (Å²) in [5.74, 6) is -0.785. The van der Waals surface area contributed by atoms with E-state index < -0.39 is 11.3 Å². The maximum absolute atomic E-state index is 11.9. The van der Waals surface area contributed by atoms with Gasteiger partial charge in [-0.15, -0.1) is 0 Å². The number of hydrogen-bond acceptors (Lipinski definition) is 4. The Morgan fingerprint density at radius 2 is 2.06 bits per heavy atom. The number of aromatic nitrogens is 1. The lowest BCUT2D eigenvalue weighted by molar-refractivity contribution is -0.125. The number of hydrogen-bond donors (Lipinski definition) is 3. The van der Waals surface area contributed by atoms with E-state index >= 15 is 0 Å². The maximum Gasteiger partial charge on any atom is 0.253 e. The molecule has 5 N–H and O–H groups in total. The average Bonchev–Trinajstić information content (AvgIpc) is 2.29. The highest BCUT2D eigenvalue weighted by Crippen LogP contribution is 2.13.